The molecule has 0 spiro atoms. The van der Waals surface area contributed by atoms with Gasteiger partial charge in [-0.1, -0.05) is 18.2 Å². The Morgan fingerprint density at radius 1 is 1.16 bits per heavy atom. The monoisotopic (exact) mass is 538 g/mol. The number of anilines is 1. The standard InChI is InChI=1S/C25H22N4O8S/c30-21(38)10-15-9-20(28(12-15)25(34)37-13-14-5-7-17(8-6-14)29(35)36)23(31)27-22-18(24(32)33)11-16-3-1-2-4-19(16)26-22/h1-8,11,15,20H,9-10,12-13H2,(H,30,38)(H,32,33)(H,26,27,31)/t15-,20-/m0/s1. The predicted octanol–water partition coefficient (Wildman–Crippen LogP) is 3.65. The number of fused-ring (bicyclic) bond motifs is 1. The molecule has 3 aromatic rings. The summed E-state index contributed by atoms with van der Waals surface area (Å²) in [6.07, 6.45) is -0.684. The van der Waals surface area contributed by atoms with Crippen molar-refractivity contribution in [3.63, 3.8) is 0 Å². The van der Waals surface area contributed by atoms with Gasteiger partial charge in [-0.15, -0.1) is 12.6 Å². The first-order valence-electron chi connectivity index (χ1n) is 11.4. The number of nitro benzene ring substituents is 1. The van der Waals surface area contributed by atoms with E-state index in [9.17, 15) is 34.4 Å². The molecule has 0 radical (unpaired) electrons. The van der Waals surface area contributed by atoms with E-state index in [1.165, 1.54) is 35.2 Å². The highest BCUT2D eigenvalue weighted by Gasteiger charge is 2.41. The highest BCUT2D eigenvalue weighted by atomic mass is 32.1. The van der Waals surface area contributed by atoms with Crippen LogP contribution in [0.1, 0.15) is 28.8 Å². The number of likely N-dealkylation sites (tertiary alicyclic amines) is 1. The van der Waals surface area contributed by atoms with Gasteiger partial charge in [0.25, 0.3) is 5.69 Å². The van der Waals surface area contributed by atoms with Crippen LogP contribution in [0.4, 0.5) is 16.3 Å². The van der Waals surface area contributed by atoms with Crippen LogP contribution in [0, 0.1) is 16.0 Å². The number of hydrogen-bond acceptors (Lipinski definition) is 8. The number of benzene rings is 2. The van der Waals surface area contributed by atoms with Crippen molar-refractivity contribution in [2.24, 2.45) is 5.92 Å². The summed E-state index contributed by atoms with van der Waals surface area (Å²) in [5, 5.41) is 23.2. The highest BCUT2D eigenvalue weighted by Crippen LogP contribution is 2.29. The Bertz CT molecular complexity index is 1430. The lowest BCUT2D eigenvalue weighted by Crippen LogP contribution is -2.43. The Labute approximate surface area is 221 Å². The molecule has 2 amide bonds. The van der Waals surface area contributed by atoms with Gasteiger partial charge < -0.3 is 15.2 Å². The number of pyridine rings is 1. The maximum Gasteiger partial charge on any atom is 0.410 e. The van der Waals surface area contributed by atoms with E-state index in [1.807, 2.05) is 0 Å². The van der Waals surface area contributed by atoms with Crippen LogP contribution in [0.5, 0.6) is 0 Å². The van der Waals surface area contributed by atoms with Gasteiger partial charge in [-0.3, -0.25) is 24.6 Å². The Hall–Kier alpha value is -4.52. The number of aromatic nitrogens is 1. The number of carboxylic acids is 1. The predicted molar refractivity (Wildman–Crippen MR) is 138 cm³/mol. The fraction of sp³-hybridized carbons (Fsp3) is 0.240. The molecule has 196 valence electrons. The Kier molecular flexibility index (Phi) is 7.86. The Morgan fingerprint density at radius 2 is 1.87 bits per heavy atom. The number of hydrogen-bond donors (Lipinski definition) is 3. The number of aromatic carboxylic acids is 1. The smallest absolute Gasteiger partial charge is 0.410 e. The van der Waals surface area contributed by atoms with Gasteiger partial charge in [0.05, 0.1) is 10.4 Å². The highest BCUT2D eigenvalue weighted by molar-refractivity contribution is 7.96. The average Bonchev–Trinajstić information content (AvgIpc) is 3.30. The van der Waals surface area contributed by atoms with E-state index in [4.69, 9.17) is 4.74 Å². The fourth-order valence-corrected chi connectivity index (χ4v) is 4.54. The zero-order chi connectivity index (χ0) is 27.4. The number of non-ortho nitro benzene ring substituents is 1. The molecule has 4 rings (SSSR count). The summed E-state index contributed by atoms with van der Waals surface area (Å²) < 4.78 is 5.34. The number of para-hydroxylation sites is 1. The summed E-state index contributed by atoms with van der Waals surface area (Å²) in [4.78, 5) is 65.4. The SMILES string of the molecule is O=C(S)C[C@@H]1C[C@@H](C(=O)Nc2nc3ccccc3cc2C(=O)O)N(C(=O)OCc2ccc([N+](=O)[O-])cc2)C1. The van der Waals surface area contributed by atoms with Crippen LogP contribution >= 0.6 is 12.6 Å². The number of amides is 2. The first-order valence-corrected chi connectivity index (χ1v) is 11.9. The third-order valence-corrected chi connectivity index (χ3v) is 6.28. The molecular formula is C25H22N4O8S. The van der Waals surface area contributed by atoms with Crippen molar-refractivity contribution in [2.75, 3.05) is 11.9 Å². The number of nitrogens with zero attached hydrogens (tertiary/aromatic N) is 3. The summed E-state index contributed by atoms with van der Waals surface area (Å²) in [5.74, 6) is -2.51. The molecule has 12 nitrogen and oxygen atoms in total. The van der Waals surface area contributed by atoms with E-state index in [0.29, 0.717) is 16.5 Å². The third-order valence-electron chi connectivity index (χ3n) is 6.09. The van der Waals surface area contributed by atoms with E-state index in [0.717, 1.165) is 0 Å². The Morgan fingerprint density at radius 3 is 2.53 bits per heavy atom. The maximum atomic E-state index is 13.3. The van der Waals surface area contributed by atoms with E-state index < -0.39 is 34.1 Å². The van der Waals surface area contributed by atoms with Crippen LogP contribution in [0.25, 0.3) is 10.9 Å². The van der Waals surface area contributed by atoms with Gasteiger partial charge in [-0.25, -0.2) is 14.6 Å². The number of carbonyl (C=O) groups is 4. The van der Waals surface area contributed by atoms with Gasteiger partial charge in [0.2, 0.25) is 5.91 Å². The van der Waals surface area contributed by atoms with Crippen molar-refractivity contribution >= 4 is 58.1 Å². The van der Waals surface area contributed by atoms with Crippen molar-refractivity contribution in [1.29, 1.82) is 0 Å². The molecule has 2 N–H and O–H groups in total. The molecule has 0 saturated carbocycles. The number of ether oxygens (including phenoxy) is 1. The van der Waals surface area contributed by atoms with Gasteiger partial charge in [0, 0.05) is 30.5 Å². The number of nitrogens with one attached hydrogen (secondary N) is 1. The van der Waals surface area contributed by atoms with Crippen LogP contribution in [-0.2, 0) is 20.9 Å². The molecule has 0 bridgehead atoms. The molecule has 2 atom stereocenters. The molecule has 1 saturated heterocycles. The molecule has 1 aliphatic heterocycles. The molecule has 13 heteroatoms. The van der Waals surface area contributed by atoms with Crippen LogP contribution in [0.15, 0.2) is 54.6 Å². The zero-order valence-corrected chi connectivity index (χ0v) is 20.7. The normalized spacial score (nSPS) is 16.7. The second-order valence-electron chi connectivity index (χ2n) is 8.72. The van der Waals surface area contributed by atoms with Gasteiger partial charge in [-0.05, 0) is 42.2 Å². The third kappa shape index (κ3) is 6.06. The summed E-state index contributed by atoms with van der Waals surface area (Å²) in [5.41, 5.74) is 0.637. The number of nitro groups is 1. The molecular weight excluding hydrogens is 516 g/mol. The molecule has 0 aliphatic carbocycles. The average molecular weight is 539 g/mol. The zero-order valence-electron chi connectivity index (χ0n) is 19.8. The van der Waals surface area contributed by atoms with Crippen molar-refractivity contribution in [3.8, 4) is 0 Å². The van der Waals surface area contributed by atoms with Crippen molar-refractivity contribution in [2.45, 2.75) is 25.5 Å². The molecule has 1 fully saturated rings. The van der Waals surface area contributed by atoms with Crippen molar-refractivity contribution in [3.05, 3.63) is 75.8 Å². The number of thiol groups is 1. The minimum atomic E-state index is -1.29. The van der Waals surface area contributed by atoms with E-state index >= 15 is 0 Å². The molecule has 38 heavy (non-hydrogen) atoms. The van der Waals surface area contributed by atoms with Gasteiger partial charge in [-0.2, -0.15) is 0 Å². The number of carboxylic acid groups (broad SMARTS) is 1. The minimum Gasteiger partial charge on any atom is -0.478 e. The molecule has 2 heterocycles. The van der Waals surface area contributed by atoms with Crippen molar-refractivity contribution in [1.82, 2.24) is 9.88 Å². The van der Waals surface area contributed by atoms with Crippen LogP contribution in [0.2, 0.25) is 0 Å². The van der Waals surface area contributed by atoms with E-state index in [2.05, 4.69) is 22.9 Å². The van der Waals surface area contributed by atoms with E-state index in [1.54, 1.807) is 24.3 Å². The second-order valence-corrected chi connectivity index (χ2v) is 9.22. The summed E-state index contributed by atoms with van der Waals surface area (Å²) in [6.45, 7) is -0.159. The first kappa shape index (κ1) is 26.5. The van der Waals surface area contributed by atoms with Crippen LogP contribution in [0.3, 0.4) is 0 Å². The lowest BCUT2D eigenvalue weighted by Gasteiger charge is -2.23. The van der Waals surface area contributed by atoms with Crippen LogP contribution in [-0.4, -0.2) is 55.6 Å². The number of carbonyl (C=O) groups excluding carboxylic acids is 3. The molecule has 1 aliphatic rings. The first-order chi connectivity index (χ1) is 18.1. The topological polar surface area (TPSA) is 169 Å². The number of rotatable bonds is 8. The Balaban J connectivity index is 1.53. The van der Waals surface area contributed by atoms with Crippen molar-refractivity contribution < 1.29 is 33.9 Å². The van der Waals surface area contributed by atoms with E-state index in [-0.39, 0.29) is 49.0 Å². The lowest BCUT2D eigenvalue weighted by molar-refractivity contribution is -0.384. The molecule has 1 aromatic heterocycles. The second kappa shape index (κ2) is 11.3. The molecule has 2 aromatic carbocycles. The fourth-order valence-electron chi connectivity index (χ4n) is 4.28. The summed E-state index contributed by atoms with van der Waals surface area (Å²) in [7, 11) is 0. The summed E-state index contributed by atoms with van der Waals surface area (Å²) >= 11 is 3.80. The largest absolute Gasteiger partial charge is 0.478 e. The van der Waals surface area contributed by atoms with Gasteiger partial charge in [0.15, 0.2) is 5.12 Å². The lowest BCUT2D eigenvalue weighted by atomic mass is 10.0. The van der Waals surface area contributed by atoms with Gasteiger partial charge >= 0.3 is 12.1 Å². The molecule has 0 unspecified atom stereocenters. The quantitative estimate of drug-likeness (QED) is 0.220. The maximum absolute atomic E-state index is 13.3. The van der Waals surface area contributed by atoms with Crippen LogP contribution < -0.4 is 5.32 Å². The minimum absolute atomic E-state index is 0.0215. The summed E-state index contributed by atoms with van der Waals surface area (Å²) in [6, 6.07) is 12.6. The van der Waals surface area contributed by atoms with Gasteiger partial charge in [0.1, 0.15) is 24.0 Å².